The van der Waals surface area contributed by atoms with Crippen LogP contribution in [0.4, 0.5) is 0 Å². The van der Waals surface area contributed by atoms with Crippen molar-refractivity contribution in [3.8, 4) is 5.75 Å². The van der Waals surface area contributed by atoms with Gasteiger partial charge in [0.25, 0.3) is 0 Å². The third-order valence-electron chi connectivity index (χ3n) is 3.62. The molecule has 0 saturated carbocycles. The zero-order valence-corrected chi connectivity index (χ0v) is 11.9. The van der Waals surface area contributed by atoms with E-state index in [0.29, 0.717) is 0 Å². The number of nitrogens with two attached hydrogens (primary N) is 1. The van der Waals surface area contributed by atoms with E-state index in [4.69, 9.17) is 10.5 Å². The van der Waals surface area contributed by atoms with Gasteiger partial charge in [0.1, 0.15) is 5.75 Å². The van der Waals surface area contributed by atoms with Crippen molar-refractivity contribution in [3.05, 3.63) is 42.0 Å². The Labute approximate surface area is 115 Å². The molecule has 0 saturated heterocycles. The van der Waals surface area contributed by atoms with Gasteiger partial charge >= 0.3 is 0 Å². The van der Waals surface area contributed by atoms with Crippen LogP contribution in [0, 0.1) is 0 Å². The topological polar surface area (TPSA) is 35.2 Å². The van der Waals surface area contributed by atoms with Crippen molar-refractivity contribution in [1.82, 2.24) is 0 Å². The van der Waals surface area contributed by atoms with Crippen molar-refractivity contribution in [3.63, 3.8) is 0 Å². The van der Waals surface area contributed by atoms with Crippen LogP contribution in [0.5, 0.6) is 5.75 Å². The van der Waals surface area contributed by atoms with Gasteiger partial charge in [-0.25, -0.2) is 0 Å². The van der Waals surface area contributed by atoms with E-state index in [1.165, 1.54) is 35.6 Å². The SMILES string of the molecule is CCCCC[C@H](N)c1ccc2cc(OC)ccc2c1. The smallest absolute Gasteiger partial charge is 0.119 e. The lowest BCUT2D eigenvalue weighted by molar-refractivity contribution is 0.415. The normalized spacial score (nSPS) is 12.6. The first kappa shape index (κ1) is 13.9. The molecule has 0 aromatic heterocycles. The van der Waals surface area contributed by atoms with Gasteiger partial charge in [0.2, 0.25) is 0 Å². The molecule has 0 aliphatic carbocycles. The highest BCUT2D eigenvalue weighted by molar-refractivity contribution is 5.84. The predicted octanol–water partition coefficient (Wildman–Crippen LogP) is 4.43. The van der Waals surface area contributed by atoms with E-state index in [1.807, 2.05) is 6.07 Å². The lowest BCUT2D eigenvalue weighted by atomic mass is 9.98. The summed E-state index contributed by atoms with van der Waals surface area (Å²) >= 11 is 0. The van der Waals surface area contributed by atoms with Crippen LogP contribution >= 0.6 is 0 Å². The molecule has 0 fully saturated rings. The second-order valence-electron chi connectivity index (χ2n) is 5.07. The Hall–Kier alpha value is -1.54. The average molecular weight is 257 g/mol. The van der Waals surface area contributed by atoms with Gasteiger partial charge in [0.05, 0.1) is 7.11 Å². The largest absolute Gasteiger partial charge is 0.497 e. The molecule has 102 valence electrons. The molecular weight excluding hydrogens is 234 g/mol. The summed E-state index contributed by atoms with van der Waals surface area (Å²) in [5, 5.41) is 2.42. The molecule has 2 rings (SSSR count). The molecule has 0 heterocycles. The number of unbranched alkanes of at least 4 members (excludes halogenated alkanes) is 2. The van der Waals surface area contributed by atoms with E-state index < -0.39 is 0 Å². The van der Waals surface area contributed by atoms with Crippen molar-refractivity contribution in [2.75, 3.05) is 7.11 Å². The van der Waals surface area contributed by atoms with Crippen molar-refractivity contribution in [1.29, 1.82) is 0 Å². The molecule has 0 amide bonds. The number of rotatable bonds is 6. The second kappa shape index (κ2) is 6.58. The monoisotopic (exact) mass is 257 g/mol. The van der Waals surface area contributed by atoms with Crippen LogP contribution < -0.4 is 10.5 Å². The first-order valence-electron chi connectivity index (χ1n) is 7.08. The number of benzene rings is 2. The molecule has 1 atom stereocenters. The van der Waals surface area contributed by atoms with Crippen LogP contribution in [-0.2, 0) is 0 Å². The van der Waals surface area contributed by atoms with Crippen LogP contribution in [0.25, 0.3) is 10.8 Å². The van der Waals surface area contributed by atoms with Crippen LogP contribution in [-0.4, -0.2) is 7.11 Å². The van der Waals surface area contributed by atoms with Gasteiger partial charge in [-0.1, -0.05) is 44.4 Å². The molecular formula is C17H23NO. The Morgan fingerprint density at radius 3 is 2.53 bits per heavy atom. The Bertz CT molecular complexity index is 536. The molecule has 0 radical (unpaired) electrons. The predicted molar refractivity (Wildman–Crippen MR) is 81.6 cm³/mol. The van der Waals surface area contributed by atoms with Gasteiger partial charge in [-0.05, 0) is 41.0 Å². The molecule has 0 unspecified atom stereocenters. The Morgan fingerprint density at radius 2 is 1.79 bits per heavy atom. The fraction of sp³-hybridized carbons (Fsp3) is 0.412. The highest BCUT2D eigenvalue weighted by atomic mass is 16.5. The minimum Gasteiger partial charge on any atom is -0.497 e. The summed E-state index contributed by atoms with van der Waals surface area (Å²) in [7, 11) is 1.69. The van der Waals surface area contributed by atoms with E-state index in [1.54, 1.807) is 7.11 Å². The van der Waals surface area contributed by atoms with Gasteiger partial charge in [0, 0.05) is 6.04 Å². The van der Waals surface area contributed by atoms with Gasteiger partial charge < -0.3 is 10.5 Å². The number of hydrogen-bond acceptors (Lipinski definition) is 2. The summed E-state index contributed by atoms with van der Waals surface area (Å²) in [6.45, 7) is 2.22. The first-order valence-corrected chi connectivity index (χ1v) is 7.08. The molecule has 0 spiro atoms. The van der Waals surface area contributed by atoms with E-state index in [2.05, 4.69) is 37.3 Å². The lowest BCUT2D eigenvalue weighted by Gasteiger charge is -2.13. The molecule has 2 aromatic carbocycles. The number of fused-ring (bicyclic) bond motifs is 1. The minimum atomic E-state index is 0.151. The summed E-state index contributed by atoms with van der Waals surface area (Å²) in [5.74, 6) is 0.896. The number of methoxy groups -OCH3 is 1. The number of hydrogen-bond donors (Lipinski definition) is 1. The summed E-state index contributed by atoms with van der Waals surface area (Å²) in [5.41, 5.74) is 7.49. The zero-order chi connectivity index (χ0) is 13.7. The van der Waals surface area contributed by atoms with Crippen LogP contribution in [0.1, 0.15) is 44.2 Å². The minimum absolute atomic E-state index is 0.151. The summed E-state index contributed by atoms with van der Waals surface area (Å²) in [4.78, 5) is 0. The van der Waals surface area contributed by atoms with Gasteiger partial charge in [-0.3, -0.25) is 0 Å². The van der Waals surface area contributed by atoms with E-state index in [9.17, 15) is 0 Å². The maximum Gasteiger partial charge on any atom is 0.119 e. The lowest BCUT2D eigenvalue weighted by Crippen LogP contribution is -2.09. The van der Waals surface area contributed by atoms with Crippen molar-refractivity contribution >= 4 is 10.8 Å². The molecule has 0 aliphatic heterocycles. The van der Waals surface area contributed by atoms with Gasteiger partial charge in [0.15, 0.2) is 0 Å². The first-order chi connectivity index (χ1) is 9.24. The highest BCUT2D eigenvalue weighted by Crippen LogP contribution is 2.25. The molecule has 0 bridgehead atoms. The van der Waals surface area contributed by atoms with E-state index in [-0.39, 0.29) is 6.04 Å². The van der Waals surface area contributed by atoms with Crippen molar-refractivity contribution < 1.29 is 4.74 Å². The Kier molecular flexibility index (Phi) is 4.80. The fourth-order valence-corrected chi connectivity index (χ4v) is 2.38. The van der Waals surface area contributed by atoms with Crippen LogP contribution in [0.2, 0.25) is 0 Å². The summed E-state index contributed by atoms with van der Waals surface area (Å²) in [6, 6.07) is 12.8. The summed E-state index contributed by atoms with van der Waals surface area (Å²) in [6.07, 6.45) is 4.77. The second-order valence-corrected chi connectivity index (χ2v) is 5.07. The van der Waals surface area contributed by atoms with Gasteiger partial charge in [-0.2, -0.15) is 0 Å². The molecule has 2 heteroatoms. The van der Waals surface area contributed by atoms with Crippen LogP contribution in [0.15, 0.2) is 36.4 Å². The molecule has 19 heavy (non-hydrogen) atoms. The molecule has 2 nitrogen and oxygen atoms in total. The maximum absolute atomic E-state index is 6.26. The fourth-order valence-electron chi connectivity index (χ4n) is 2.38. The van der Waals surface area contributed by atoms with Crippen molar-refractivity contribution in [2.24, 2.45) is 5.73 Å². The average Bonchev–Trinajstić information content (AvgIpc) is 2.46. The Balaban J connectivity index is 2.16. The van der Waals surface area contributed by atoms with E-state index in [0.717, 1.165) is 12.2 Å². The molecule has 0 aliphatic rings. The highest BCUT2D eigenvalue weighted by Gasteiger charge is 2.06. The van der Waals surface area contributed by atoms with Gasteiger partial charge in [-0.15, -0.1) is 0 Å². The third kappa shape index (κ3) is 3.48. The van der Waals surface area contributed by atoms with Crippen LogP contribution in [0.3, 0.4) is 0 Å². The van der Waals surface area contributed by atoms with E-state index >= 15 is 0 Å². The maximum atomic E-state index is 6.26. The Morgan fingerprint density at radius 1 is 1.05 bits per heavy atom. The molecule has 2 aromatic rings. The quantitative estimate of drug-likeness (QED) is 0.777. The third-order valence-corrected chi connectivity index (χ3v) is 3.62. The summed E-state index contributed by atoms with van der Waals surface area (Å²) < 4.78 is 5.24. The molecule has 2 N–H and O–H groups in total. The van der Waals surface area contributed by atoms with Crippen molar-refractivity contribution in [2.45, 2.75) is 38.6 Å². The zero-order valence-electron chi connectivity index (χ0n) is 11.9. The number of ether oxygens (including phenoxy) is 1. The standard InChI is InChI=1S/C17H23NO/c1-3-4-5-6-17(18)15-8-7-14-12-16(19-2)10-9-13(14)11-15/h7-12,17H,3-6,18H2,1-2H3/t17-/m0/s1.